The zero-order valence-electron chi connectivity index (χ0n) is 11.6. The van der Waals surface area contributed by atoms with Gasteiger partial charge in [0.2, 0.25) is 10.0 Å². The first-order valence-corrected chi connectivity index (χ1v) is 8.88. The van der Waals surface area contributed by atoms with Crippen LogP contribution >= 0.6 is 23.6 Å². The van der Waals surface area contributed by atoms with Gasteiger partial charge in [-0.2, -0.15) is 0 Å². The molecule has 1 heterocycles. The monoisotopic (exact) mass is 341 g/mol. The second-order valence-electron chi connectivity index (χ2n) is 4.55. The molecule has 0 atom stereocenters. The highest BCUT2D eigenvalue weighted by atomic mass is 32.2. The summed E-state index contributed by atoms with van der Waals surface area (Å²) in [4.78, 5) is 4.66. The van der Waals surface area contributed by atoms with Crippen LogP contribution in [0.2, 0.25) is 0 Å². The molecule has 21 heavy (non-hydrogen) atoms. The zero-order valence-corrected chi connectivity index (χ0v) is 14.0. The fourth-order valence-electron chi connectivity index (χ4n) is 1.80. The zero-order chi connectivity index (χ0) is 15.6. The molecule has 3 N–H and O–H groups in total. The molecule has 8 heteroatoms. The number of hydrogen-bond acceptors (Lipinski definition) is 5. The fourth-order valence-corrected chi connectivity index (χ4v) is 3.91. The van der Waals surface area contributed by atoms with Gasteiger partial charge < -0.3 is 5.73 Å². The van der Waals surface area contributed by atoms with E-state index in [0.717, 1.165) is 16.3 Å². The van der Waals surface area contributed by atoms with E-state index in [2.05, 4.69) is 9.71 Å². The molecule has 0 aliphatic heterocycles. The van der Waals surface area contributed by atoms with Crippen LogP contribution in [0.15, 0.2) is 28.5 Å². The van der Waals surface area contributed by atoms with Crippen LogP contribution in [0.5, 0.6) is 0 Å². The molecule has 112 valence electrons. The highest BCUT2D eigenvalue weighted by Crippen LogP contribution is 2.16. The van der Waals surface area contributed by atoms with E-state index >= 15 is 0 Å². The van der Waals surface area contributed by atoms with Crippen molar-refractivity contribution in [3.8, 4) is 0 Å². The van der Waals surface area contributed by atoms with Gasteiger partial charge in [0.05, 0.1) is 11.4 Å². The van der Waals surface area contributed by atoms with E-state index in [0.29, 0.717) is 5.56 Å². The van der Waals surface area contributed by atoms with Crippen molar-refractivity contribution in [1.29, 1.82) is 0 Å². The lowest BCUT2D eigenvalue weighted by atomic mass is 10.1. The first kappa shape index (κ1) is 16.0. The number of rotatable bonds is 5. The van der Waals surface area contributed by atoms with Crippen molar-refractivity contribution in [3.63, 3.8) is 0 Å². The minimum atomic E-state index is -3.58. The SMILES string of the molecule is Cc1csc(CNS(=O)(=O)c2ccc(C(N)=S)c(C)c2)n1. The molecule has 0 amide bonds. The summed E-state index contributed by atoms with van der Waals surface area (Å²) in [5, 5.41) is 2.61. The molecule has 0 aliphatic rings. The van der Waals surface area contributed by atoms with E-state index in [9.17, 15) is 8.42 Å². The summed E-state index contributed by atoms with van der Waals surface area (Å²) in [7, 11) is -3.58. The lowest BCUT2D eigenvalue weighted by Gasteiger charge is -2.09. The molecule has 0 aliphatic carbocycles. The van der Waals surface area contributed by atoms with Gasteiger partial charge in [0.1, 0.15) is 10.00 Å². The molecule has 5 nitrogen and oxygen atoms in total. The van der Waals surface area contributed by atoms with Crippen LogP contribution in [-0.2, 0) is 16.6 Å². The Morgan fingerprint density at radius 2 is 2.14 bits per heavy atom. The van der Waals surface area contributed by atoms with Gasteiger partial charge in [0.15, 0.2) is 0 Å². The Labute approximate surface area is 133 Å². The summed E-state index contributed by atoms with van der Waals surface area (Å²) < 4.78 is 27.0. The number of sulfonamides is 1. The predicted molar refractivity (Wildman–Crippen MR) is 87.9 cm³/mol. The number of aryl methyl sites for hydroxylation is 2. The van der Waals surface area contributed by atoms with Gasteiger partial charge in [0.25, 0.3) is 0 Å². The van der Waals surface area contributed by atoms with E-state index in [1.165, 1.54) is 17.4 Å². The number of thiocarbonyl (C=S) groups is 1. The summed E-state index contributed by atoms with van der Waals surface area (Å²) in [6.45, 7) is 3.82. The van der Waals surface area contributed by atoms with Crippen LogP contribution in [0, 0.1) is 13.8 Å². The number of nitrogens with two attached hydrogens (primary N) is 1. The Morgan fingerprint density at radius 1 is 1.43 bits per heavy atom. The molecule has 1 aromatic carbocycles. The second kappa shape index (κ2) is 6.18. The van der Waals surface area contributed by atoms with Crippen LogP contribution in [0.4, 0.5) is 0 Å². The van der Waals surface area contributed by atoms with E-state index < -0.39 is 10.0 Å². The van der Waals surface area contributed by atoms with Crippen molar-refractivity contribution in [2.24, 2.45) is 5.73 Å². The Morgan fingerprint density at radius 3 is 2.67 bits per heavy atom. The fraction of sp³-hybridized carbons (Fsp3) is 0.231. The maximum absolute atomic E-state index is 12.2. The first-order chi connectivity index (χ1) is 9.79. The molecule has 2 rings (SSSR count). The van der Waals surface area contributed by atoms with Gasteiger partial charge in [-0.25, -0.2) is 18.1 Å². The highest BCUT2D eigenvalue weighted by molar-refractivity contribution is 7.89. The summed E-state index contributed by atoms with van der Waals surface area (Å²) >= 11 is 6.33. The highest BCUT2D eigenvalue weighted by Gasteiger charge is 2.16. The third kappa shape index (κ3) is 3.85. The molecular weight excluding hydrogens is 326 g/mol. The summed E-state index contributed by atoms with van der Waals surface area (Å²) in [6.07, 6.45) is 0. The Balaban J connectivity index is 2.19. The van der Waals surface area contributed by atoms with E-state index in [4.69, 9.17) is 18.0 Å². The van der Waals surface area contributed by atoms with E-state index in [1.54, 1.807) is 19.1 Å². The smallest absolute Gasteiger partial charge is 0.240 e. The Kier molecular flexibility index (Phi) is 4.72. The first-order valence-electron chi connectivity index (χ1n) is 6.11. The maximum Gasteiger partial charge on any atom is 0.240 e. The average molecular weight is 341 g/mol. The second-order valence-corrected chi connectivity index (χ2v) is 7.70. The molecule has 0 fully saturated rings. The Bertz CT molecular complexity index is 782. The Hall–Kier alpha value is -1.35. The molecule has 1 aromatic heterocycles. The molecule has 0 radical (unpaired) electrons. The van der Waals surface area contributed by atoms with E-state index in [1.807, 2.05) is 12.3 Å². The van der Waals surface area contributed by atoms with Crippen molar-refractivity contribution >= 4 is 38.6 Å². The summed E-state index contributed by atoms with van der Waals surface area (Å²) in [5.41, 5.74) is 7.86. The summed E-state index contributed by atoms with van der Waals surface area (Å²) in [5.74, 6) is 0. The van der Waals surface area contributed by atoms with Crippen molar-refractivity contribution in [2.45, 2.75) is 25.3 Å². The van der Waals surface area contributed by atoms with Crippen molar-refractivity contribution in [3.05, 3.63) is 45.4 Å². The quantitative estimate of drug-likeness (QED) is 0.811. The van der Waals surface area contributed by atoms with Crippen LogP contribution in [0.25, 0.3) is 0 Å². The molecule has 0 bridgehead atoms. The largest absolute Gasteiger partial charge is 0.389 e. The molecule has 0 saturated carbocycles. The normalized spacial score (nSPS) is 11.5. The lowest BCUT2D eigenvalue weighted by molar-refractivity contribution is 0.581. The third-order valence-electron chi connectivity index (χ3n) is 2.85. The number of hydrogen-bond donors (Lipinski definition) is 2. The van der Waals surface area contributed by atoms with Gasteiger partial charge in [-0.3, -0.25) is 0 Å². The van der Waals surface area contributed by atoms with Crippen molar-refractivity contribution < 1.29 is 8.42 Å². The van der Waals surface area contributed by atoms with Crippen LogP contribution in [-0.4, -0.2) is 18.4 Å². The van der Waals surface area contributed by atoms with Crippen LogP contribution in [0.3, 0.4) is 0 Å². The van der Waals surface area contributed by atoms with Gasteiger partial charge in [-0.15, -0.1) is 11.3 Å². The molecular formula is C13H15N3O2S3. The molecule has 2 aromatic rings. The summed E-state index contributed by atoms with van der Waals surface area (Å²) in [6, 6.07) is 4.68. The van der Waals surface area contributed by atoms with Gasteiger partial charge in [-0.05, 0) is 31.5 Å². The number of benzene rings is 1. The molecule has 0 saturated heterocycles. The van der Waals surface area contributed by atoms with Crippen molar-refractivity contribution in [2.75, 3.05) is 0 Å². The minimum Gasteiger partial charge on any atom is -0.389 e. The number of nitrogens with one attached hydrogen (secondary N) is 1. The maximum atomic E-state index is 12.2. The number of thiazole rings is 1. The number of aromatic nitrogens is 1. The predicted octanol–water partition coefficient (Wildman–Crippen LogP) is 1.87. The molecule has 0 unspecified atom stereocenters. The topological polar surface area (TPSA) is 85.1 Å². The third-order valence-corrected chi connectivity index (χ3v) is 5.44. The van der Waals surface area contributed by atoms with Crippen LogP contribution in [0.1, 0.15) is 21.8 Å². The van der Waals surface area contributed by atoms with Gasteiger partial charge in [-0.1, -0.05) is 18.3 Å². The lowest BCUT2D eigenvalue weighted by Crippen LogP contribution is -2.23. The van der Waals surface area contributed by atoms with E-state index in [-0.39, 0.29) is 16.4 Å². The van der Waals surface area contributed by atoms with Gasteiger partial charge >= 0.3 is 0 Å². The van der Waals surface area contributed by atoms with Crippen molar-refractivity contribution in [1.82, 2.24) is 9.71 Å². The van der Waals surface area contributed by atoms with Crippen LogP contribution < -0.4 is 10.5 Å². The average Bonchev–Trinajstić information content (AvgIpc) is 2.82. The molecule has 0 spiro atoms. The number of nitrogens with zero attached hydrogens (tertiary/aromatic N) is 1. The standard InChI is InChI=1S/C13H15N3O2S3/c1-8-5-10(3-4-11(8)13(14)19)21(17,18)15-6-12-16-9(2)7-20-12/h3-5,7,15H,6H2,1-2H3,(H2,14,19). The van der Waals surface area contributed by atoms with Gasteiger partial charge in [0, 0.05) is 16.6 Å². The minimum absolute atomic E-state index is 0.178.